The average Bonchev–Trinajstić information content (AvgIpc) is 2.97. The van der Waals surface area contributed by atoms with Crippen LogP contribution in [0.2, 0.25) is 0 Å². The molecule has 2 aromatic rings. The van der Waals surface area contributed by atoms with Crippen molar-refractivity contribution in [3.05, 3.63) is 54.1 Å². The van der Waals surface area contributed by atoms with Gasteiger partial charge in [-0.3, -0.25) is 4.79 Å². The first-order chi connectivity index (χ1) is 10.2. The third kappa shape index (κ3) is 4.45. The van der Waals surface area contributed by atoms with E-state index >= 15 is 0 Å². The lowest BCUT2D eigenvalue weighted by Gasteiger charge is -2.07. The van der Waals surface area contributed by atoms with Gasteiger partial charge in [-0.15, -0.1) is 0 Å². The quantitative estimate of drug-likeness (QED) is 0.752. The maximum Gasteiger partial charge on any atom is 0.335 e. The predicted molar refractivity (Wildman–Crippen MR) is 77.0 cm³/mol. The Morgan fingerprint density at radius 2 is 2.10 bits per heavy atom. The largest absolute Gasteiger partial charge is 0.478 e. The molecule has 1 heterocycles. The normalized spacial score (nSPS) is 10.3. The fourth-order valence-corrected chi connectivity index (χ4v) is 2.03. The first kappa shape index (κ1) is 14.8. The van der Waals surface area contributed by atoms with Gasteiger partial charge in [-0.2, -0.15) is 0 Å². The second-order valence-electron chi connectivity index (χ2n) is 4.64. The van der Waals surface area contributed by atoms with Crippen LogP contribution in [0.5, 0.6) is 0 Å². The molecule has 0 saturated heterocycles. The van der Waals surface area contributed by atoms with Crippen LogP contribution < -0.4 is 5.32 Å². The third-order valence-corrected chi connectivity index (χ3v) is 3.07. The standard InChI is InChI=1S/C15H17N3O3/c19-14(17-6-3-8-18-9-7-16-11-18)10-12-4-1-2-5-13(12)15(20)21/h1-2,4-5,7,9,11H,3,6,8,10H2,(H,17,19)(H,20,21). The molecule has 21 heavy (non-hydrogen) atoms. The van der Waals surface area contributed by atoms with Gasteiger partial charge in [-0.05, 0) is 18.1 Å². The number of imidazole rings is 1. The van der Waals surface area contributed by atoms with E-state index in [0.29, 0.717) is 12.1 Å². The molecule has 0 aliphatic heterocycles. The molecule has 6 heteroatoms. The molecule has 0 aliphatic carbocycles. The third-order valence-electron chi connectivity index (χ3n) is 3.07. The Bertz CT molecular complexity index is 608. The molecular weight excluding hydrogens is 270 g/mol. The Labute approximate surface area is 122 Å². The van der Waals surface area contributed by atoms with Gasteiger partial charge < -0.3 is 15.0 Å². The Balaban J connectivity index is 1.78. The molecule has 0 fully saturated rings. The predicted octanol–water partition coefficient (Wildman–Crippen LogP) is 1.33. The number of nitrogens with one attached hydrogen (secondary N) is 1. The van der Waals surface area contributed by atoms with Crippen LogP contribution in [-0.2, 0) is 17.8 Å². The van der Waals surface area contributed by atoms with Gasteiger partial charge in [-0.1, -0.05) is 18.2 Å². The van der Waals surface area contributed by atoms with Gasteiger partial charge in [0.15, 0.2) is 0 Å². The van der Waals surface area contributed by atoms with Crippen LogP contribution in [0.15, 0.2) is 43.0 Å². The maximum atomic E-state index is 11.8. The SMILES string of the molecule is O=C(Cc1ccccc1C(=O)O)NCCCn1ccnc1. The Morgan fingerprint density at radius 1 is 1.29 bits per heavy atom. The van der Waals surface area contributed by atoms with E-state index in [2.05, 4.69) is 10.3 Å². The highest BCUT2D eigenvalue weighted by atomic mass is 16.4. The van der Waals surface area contributed by atoms with E-state index in [-0.39, 0.29) is 17.9 Å². The topological polar surface area (TPSA) is 84.2 Å². The molecule has 6 nitrogen and oxygen atoms in total. The van der Waals surface area contributed by atoms with Crippen molar-refractivity contribution in [2.24, 2.45) is 0 Å². The number of hydrogen-bond donors (Lipinski definition) is 2. The molecule has 0 spiro atoms. The number of carbonyl (C=O) groups is 2. The van der Waals surface area contributed by atoms with Gasteiger partial charge in [0.05, 0.1) is 18.3 Å². The van der Waals surface area contributed by atoms with Crippen LogP contribution >= 0.6 is 0 Å². The molecule has 2 N–H and O–H groups in total. The van der Waals surface area contributed by atoms with E-state index in [9.17, 15) is 9.59 Å². The molecule has 0 aliphatic rings. The van der Waals surface area contributed by atoms with Gasteiger partial charge >= 0.3 is 5.97 Å². The summed E-state index contributed by atoms with van der Waals surface area (Å²) in [7, 11) is 0. The Hall–Kier alpha value is -2.63. The smallest absolute Gasteiger partial charge is 0.335 e. The molecule has 110 valence electrons. The minimum atomic E-state index is -1.02. The number of carboxylic acids is 1. The molecule has 1 amide bonds. The van der Waals surface area contributed by atoms with E-state index in [4.69, 9.17) is 5.11 Å². The van der Waals surface area contributed by atoms with Crippen molar-refractivity contribution >= 4 is 11.9 Å². The summed E-state index contributed by atoms with van der Waals surface area (Å²) in [6, 6.07) is 6.54. The zero-order valence-electron chi connectivity index (χ0n) is 11.5. The minimum absolute atomic E-state index is 0.0769. The molecule has 0 radical (unpaired) electrons. The molecule has 0 unspecified atom stereocenters. The van der Waals surface area contributed by atoms with Crippen LogP contribution in [0.3, 0.4) is 0 Å². The summed E-state index contributed by atoms with van der Waals surface area (Å²) >= 11 is 0. The zero-order chi connectivity index (χ0) is 15.1. The van der Waals surface area contributed by atoms with E-state index in [1.54, 1.807) is 30.7 Å². The van der Waals surface area contributed by atoms with Gasteiger partial charge in [0, 0.05) is 25.5 Å². The van der Waals surface area contributed by atoms with E-state index in [1.807, 2.05) is 10.8 Å². The fraction of sp³-hybridized carbons (Fsp3) is 0.267. The first-order valence-electron chi connectivity index (χ1n) is 6.70. The average molecular weight is 287 g/mol. The van der Waals surface area contributed by atoms with E-state index in [1.165, 1.54) is 6.07 Å². The van der Waals surface area contributed by atoms with E-state index < -0.39 is 5.97 Å². The second kappa shape index (κ2) is 7.23. The van der Waals surface area contributed by atoms with Crippen molar-refractivity contribution in [3.8, 4) is 0 Å². The molecule has 2 rings (SSSR count). The van der Waals surface area contributed by atoms with Gasteiger partial charge in [-0.25, -0.2) is 9.78 Å². The summed E-state index contributed by atoms with van der Waals surface area (Å²) in [5.74, 6) is -1.19. The highest BCUT2D eigenvalue weighted by molar-refractivity contribution is 5.91. The van der Waals surface area contributed by atoms with Crippen molar-refractivity contribution < 1.29 is 14.7 Å². The van der Waals surface area contributed by atoms with Crippen LogP contribution in [0, 0.1) is 0 Å². The highest BCUT2D eigenvalue weighted by Crippen LogP contribution is 2.09. The number of benzene rings is 1. The van der Waals surface area contributed by atoms with Gasteiger partial charge in [0.1, 0.15) is 0 Å². The molecule has 0 saturated carbocycles. The first-order valence-corrected chi connectivity index (χ1v) is 6.70. The summed E-state index contributed by atoms with van der Waals surface area (Å²) in [4.78, 5) is 26.8. The summed E-state index contributed by atoms with van der Waals surface area (Å²) in [5, 5.41) is 11.9. The fourth-order valence-electron chi connectivity index (χ4n) is 2.03. The number of nitrogens with zero attached hydrogens (tertiary/aromatic N) is 2. The number of aromatic nitrogens is 2. The lowest BCUT2D eigenvalue weighted by atomic mass is 10.0. The summed E-state index contributed by atoms with van der Waals surface area (Å²) in [6.07, 6.45) is 6.17. The number of aromatic carboxylic acids is 1. The van der Waals surface area contributed by atoms with Crippen molar-refractivity contribution in [2.45, 2.75) is 19.4 Å². The van der Waals surface area contributed by atoms with Gasteiger partial charge in [0.2, 0.25) is 5.91 Å². The molecule has 0 bridgehead atoms. The van der Waals surface area contributed by atoms with Crippen LogP contribution in [0.1, 0.15) is 22.3 Å². The second-order valence-corrected chi connectivity index (χ2v) is 4.64. The molecule has 1 aromatic heterocycles. The van der Waals surface area contributed by atoms with Crippen LogP contribution in [0.4, 0.5) is 0 Å². The Kier molecular flexibility index (Phi) is 5.09. The van der Waals surface area contributed by atoms with Crippen LogP contribution in [-0.4, -0.2) is 33.1 Å². The summed E-state index contributed by atoms with van der Waals surface area (Å²) in [6.45, 7) is 1.33. The maximum absolute atomic E-state index is 11.8. The minimum Gasteiger partial charge on any atom is -0.478 e. The number of hydrogen-bond acceptors (Lipinski definition) is 3. The van der Waals surface area contributed by atoms with E-state index in [0.717, 1.165) is 13.0 Å². The molecule has 1 aromatic carbocycles. The lowest BCUT2D eigenvalue weighted by molar-refractivity contribution is -0.120. The van der Waals surface area contributed by atoms with Crippen molar-refractivity contribution in [1.82, 2.24) is 14.9 Å². The number of aryl methyl sites for hydroxylation is 1. The number of amides is 1. The monoisotopic (exact) mass is 287 g/mol. The van der Waals surface area contributed by atoms with Crippen LogP contribution in [0.25, 0.3) is 0 Å². The number of rotatable bonds is 7. The summed E-state index contributed by atoms with van der Waals surface area (Å²) < 4.78 is 1.94. The van der Waals surface area contributed by atoms with Crippen molar-refractivity contribution in [1.29, 1.82) is 0 Å². The summed E-state index contributed by atoms with van der Waals surface area (Å²) in [5.41, 5.74) is 0.697. The number of carboxylic acid groups (broad SMARTS) is 1. The van der Waals surface area contributed by atoms with Gasteiger partial charge in [0.25, 0.3) is 0 Å². The number of carbonyl (C=O) groups excluding carboxylic acids is 1. The molecular formula is C15H17N3O3. The van der Waals surface area contributed by atoms with Crippen molar-refractivity contribution in [3.63, 3.8) is 0 Å². The highest BCUT2D eigenvalue weighted by Gasteiger charge is 2.11. The van der Waals surface area contributed by atoms with Crippen molar-refractivity contribution in [2.75, 3.05) is 6.54 Å². The lowest BCUT2D eigenvalue weighted by Crippen LogP contribution is -2.27. The molecule has 0 atom stereocenters. The zero-order valence-corrected chi connectivity index (χ0v) is 11.5. The Morgan fingerprint density at radius 3 is 2.81 bits per heavy atom.